The number of carboxylic acids is 1. The zero-order valence-corrected chi connectivity index (χ0v) is 16.2. The molecule has 1 N–H and O–H groups in total. The number of methoxy groups -OCH3 is 1. The molecule has 26 heavy (non-hydrogen) atoms. The van der Waals surface area contributed by atoms with Gasteiger partial charge in [-0.1, -0.05) is 30.3 Å². The lowest BCUT2D eigenvalue weighted by molar-refractivity contribution is -0.140. The van der Waals surface area contributed by atoms with Crippen LogP contribution in [0.1, 0.15) is 15.9 Å². The molecule has 2 aromatic carbocycles. The van der Waals surface area contributed by atoms with Crippen molar-refractivity contribution < 1.29 is 27.9 Å². The van der Waals surface area contributed by atoms with Crippen molar-refractivity contribution in [2.75, 3.05) is 13.7 Å². The number of carboxylic acid groups (broad SMARTS) is 1. The summed E-state index contributed by atoms with van der Waals surface area (Å²) in [6.07, 6.45) is 0. The van der Waals surface area contributed by atoms with Gasteiger partial charge in [0.25, 0.3) is 0 Å². The number of carbonyl (C=O) groups is 2. The van der Waals surface area contributed by atoms with E-state index in [4.69, 9.17) is 5.11 Å². The number of carbonyl (C=O) groups excluding carboxylic acids is 1. The van der Waals surface area contributed by atoms with E-state index in [2.05, 4.69) is 20.7 Å². The minimum atomic E-state index is -4.08. The lowest BCUT2D eigenvalue weighted by Gasteiger charge is -2.22. The predicted molar refractivity (Wildman–Crippen MR) is 97.2 cm³/mol. The van der Waals surface area contributed by atoms with E-state index < -0.39 is 28.5 Å². The van der Waals surface area contributed by atoms with Gasteiger partial charge in [0.15, 0.2) is 0 Å². The quantitative estimate of drug-likeness (QED) is 0.662. The van der Waals surface area contributed by atoms with Gasteiger partial charge in [-0.2, -0.15) is 4.31 Å². The van der Waals surface area contributed by atoms with Crippen LogP contribution in [0.2, 0.25) is 0 Å². The van der Waals surface area contributed by atoms with Crippen LogP contribution < -0.4 is 0 Å². The van der Waals surface area contributed by atoms with Gasteiger partial charge >= 0.3 is 11.9 Å². The summed E-state index contributed by atoms with van der Waals surface area (Å²) in [4.78, 5) is 22.6. The van der Waals surface area contributed by atoms with Gasteiger partial charge in [0.1, 0.15) is 6.54 Å². The minimum Gasteiger partial charge on any atom is -0.478 e. The third-order valence-electron chi connectivity index (χ3n) is 3.53. The first-order chi connectivity index (χ1) is 12.3. The normalized spacial score (nSPS) is 11.3. The molecule has 0 heterocycles. The summed E-state index contributed by atoms with van der Waals surface area (Å²) in [7, 11) is -2.91. The molecule has 0 aliphatic carbocycles. The second kappa shape index (κ2) is 8.43. The van der Waals surface area contributed by atoms with E-state index in [1.807, 2.05) is 0 Å². The van der Waals surface area contributed by atoms with Crippen LogP contribution in [0.3, 0.4) is 0 Å². The molecule has 138 valence electrons. The Morgan fingerprint density at radius 2 is 1.81 bits per heavy atom. The van der Waals surface area contributed by atoms with Crippen molar-refractivity contribution in [3.8, 4) is 0 Å². The molecule has 0 fully saturated rings. The van der Waals surface area contributed by atoms with E-state index in [-0.39, 0.29) is 21.5 Å². The zero-order valence-electron chi connectivity index (χ0n) is 13.8. The fourth-order valence-corrected chi connectivity index (χ4v) is 4.61. The number of hydrogen-bond donors (Lipinski definition) is 1. The molecule has 0 saturated carbocycles. The number of ether oxygens (including phenoxy) is 1. The first-order valence-electron chi connectivity index (χ1n) is 7.39. The number of nitrogens with zero attached hydrogens (tertiary/aromatic N) is 1. The standard InChI is InChI=1S/C17H16BrNO6S/c1-25-16(20)11-19(10-12-5-3-2-4-6-12)26(23,24)15-8-7-13(17(21)22)9-14(15)18/h2-9H,10-11H2,1H3,(H,21,22). The summed E-state index contributed by atoms with van der Waals surface area (Å²) in [6, 6.07) is 12.4. The molecule has 9 heteroatoms. The van der Waals surface area contributed by atoms with E-state index in [1.54, 1.807) is 30.3 Å². The van der Waals surface area contributed by atoms with E-state index >= 15 is 0 Å². The van der Waals surface area contributed by atoms with Crippen LogP contribution in [0.5, 0.6) is 0 Å². The fraction of sp³-hybridized carbons (Fsp3) is 0.176. The van der Waals surface area contributed by atoms with E-state index in [0.717, 1.165) is 4.31 Å². The third kappa shape index (κ3) is 4.69. The number of esters is 1. The monoisotopic (exact) mass is 441 g/mol. The Hall–Kier alpha value is -2.23. The molecule has 0 saturated heterocycles. The van der Waals surface area contributed by atoms with Crippen molar-refractivity contribution in [3.05, 3.63) is 64.1 Å². The van der Waals surface area contributed by atoms with Gasteiger partial charge < -0.3 is 9.84 Å². The molecule has 2 aromatic rings. The molecule has 7 nitrogen and oxygen atoms in total. The van der Waals surface area contributed by atoms with Crippen LogP contribution in [-0.4, -0.2) is 43.4 Å². The van der Waals surface area contributed by atoms with Crippen molar-refractivity contribution in [3.63, 3.8) is 0 Å². The van der Waals surface area contributed by atoms with Gasteiger partial charge in [0, 0.05) is 11.0 Å². The average Bonchev–Trinajstić information content (AvgIpc) is 2.61. The molecule has 0 aliphatic rings. The highest BCUT2D eigenvalue weighted by molar-refractivity contribution is 9.10. The average molecular weight is 442 g/mol. The molecule has 0 amide bonds. The Bertz CT molecular complexity index is 914. The lowest BCUT2D eigenvalue weighted by atomic mass is 10.2. The van der Waals surface area contributed by atoms with Crippen LogP contribution in [0, 0.1) is 0 Å². The summed E-state index contributed by atoms with van der Waals surface area (Å²) in [6.45, 7) is -0.508. The summed E-state index contributed by atoms with van der Waals surface area (Å²) in [5.74, 6) is -1.88. The van der Waals surface area contributed by atoms with Crippen molar-refractivity contribution >= 4 is 37.9 Å². The van der Waals surface area contributed by atoms with Gasteiger partial charge in [-0.3, -0.25) is 4.79 Å². The Morgan fingerprint density at radius 1 is 1.15 bits per heavy atom. The minimum absolute atomic E-state index is 0.0363. The molecule has 0 aliphatic heterocycles. The topological polar surface area (TPSA) is 101 Å². The highest BCUT2D eigenvalue weighted by Gasteiger charge is 2.29. The second-order valence-corrected chi connectivity index (χ2v) is 8.05. The van der Waals surface area contributed by atoms with E-state index in [1.165, 1.54) is 25.3 Å². The highest BCUT2D eigenvalue weighted by atomic mass is 79.9. The van der Waals surface area contributed by atoms with Crippen molar-refractivity contribution in [1.29, 1.82) is 0 Å². The smallest absolute Gasteiger partial charge is 0.335 e. The molecule has 0 bridgehead atoms. The Morgan fingerprint density at radius 3 is 2.35 bits per heavy atom. The molecule has 0 atom stereocenters. The maximum absolute atomic E-state index is 13.0. The Labute approximate surface area is 159 Å². The van der Waals surface area contributed by atoms with Gasteiger partial charge in [-0.15, -0.1) is 0 Å². The van der Waals surface area contributed by atoms with Crippen molar-refractivity contribution in [1.82, 2.24) is 4.31 Å². The molecular weight excluding hydrogens is 426 g/mol. The third-order valence-corrected chi connectivity index (χ3v) is 6.30. The molecule has 0 unspecified atom stereocenters. The number of halogens is 1. The predicted octanol–water partition coefficient (Wildman–Crippen LogP) is 2.51. The fourth-order valence-electron chi connectivity index (χ4n) is 2.20. The first kappa shape index (κ1) is 20.1. The largest absolute Gasteiger partial charge is 0.478 e. The molecule has 0 spiro atoms. The van der Waals surface area contributed by atoms with Gasteiger partial charge in [-0.25, -0.2) is 13.2 Å². The summed E-state index contributed by atoms with van der Waals surface area (Å²) >= 11 is 3.10. The first-order valence-corrected chi connectivity index (χ1v) is 9.62. The summed E-state index contributed by atoms with van der Waals surface area (Å²) < 4.78 is 31.7. The number of benzene rings is 2. The highest BCUT2D eigenvalue weighted by Crippen LogP contribution is 2.27. The molecule has 2 rings (SSSR count). The Balaban J connectivity index is 2.44. The van der Waals surface area contributed by atoms with E-state index in [0.29, 0.717) is 5.56 Å². The van der Waals surface area contributed by atoms with E-state index in [9.17, 15) is 18.0 Å². The number of rotatable bonds is 7. The summed E-state index contributed by atoms with van der Waals surface area (Å²) in [5, 5.41) is 9.02. The van der Waals surface area contributed by atoms with Crippen LogP contribution >= 0.6 is 15.9 Å². The number of aromatic carboxylic acids is 1. The molecule has 0 aromatic heterocycles. The lowest BCUT2D eigenvalue weighted by Crippen LogP contribution is -2.36. The van der Waals surface area contributed by atoms with Gasteiger partial charge in [-0.05, 0) is 39.7 Å². The van der Waals surface area contributed by atoms with Crippen LogP contribution in [0.25, 0.3) is 0 Å². The second-order valence-electron chi connectivity index (χ2n) is 5.29. The van der Waals surface area contributed by atoms with Gasteiger partial charge in [0.2, 0.25) is 10.0 Å². The van der Waals surface area contributed by atoms with Crippen molar-refractivity contribution in [2.24, 2.45) is 0 Å². The Kier molecular flexibility index (Phi) is 6.52. The van der Waals surface area contributed by atoms with Crippen LogP contribution in [-0.2, 0) is 26.1 Å². The van der Waals surface area contributed by atoms with Gasteiger partial charge in [0.05, 0.1) is 17.6 Å². The molecule has 0 radical (unpaired) electrons. The van der Waals surface area contributed by atoms with Crippen molar-refractivity contribution in [2.45, 2.75) is 11.4 Å². The number of hydrogen-bond acceptors (Lipinski definition) is 5. The van der Waals surface area contributed by atoms with Crippen LogP contribution in [0.4, 0.5) is 0 Å². The SMILES string of the molecule is COC(=O)CN(Cc1ccccc1)S(=O)(=O)c1ccc(C(=O)O)cc1Br. The molecular formula is C17H16BrNO6S. The number of sulfonamides is 1. The maximum Gasteiger partial charge on any atom is 0.335 e. The summed E-state index contributed by atoms with van der Waals surface area (Å²) in [5.41, 5.74) is 0.636. The van der Waals surface area contributed by atoms with Crippen LogP contribution in [0.15, 0.2) is 57.9 Å². The zero-order chi connectivity index (χ0) is 19.3. The maximum atomic E-state index is 13.0.